The van der Waals surface area contributed by atoms with Crippen molar-refractivity contribution in [3.8, 4) is 0 Å². The Kier molecular flexibility index (Phi) is 7.53. The number of hydrogen-bond acceptors (Lipinski definition) is 3. The van der Waals surface area contributed by atoms with Gasteiger partial charge in [0.2, 0.25) is 0 Å². The molecule has 5 heteroatoms. The summed E-state index contributed by atoms with van der Waals surface area (Å²) < 4.78 is 5.58. The van der Waals surface area contributed by atoms with E-state index in [1.807, 2.05) is 0 Å². The summed E-state index contributed by atoms with van der Waals surface area (Å²) >= 11 is 0. The second-order valence-electron chi connectivity index (χ2n) is 8.06. The lowest BCUT2D eigenvalue weighted by Gasteiger charge is -2.28. The molecule has 1 unspecified atom stereocenters. The van der Waals surface area contributed by atoms with Crippen LogP contribution in [0.15, 0.2) is 35.3 Å². The molecule has 0 aliphatic heterocycles. The number of rotatable bonds is 10. The topological polar surface area (TPSA) is 65.9 Å². The third-order valence-electron chi connectivity index (χ3n) is 5.70. The molecule has 1 aromatic carbocycles. The molecule has 1 atom stereocenters. The van der Waals surface area contributed by atoms with Gasteiger partial charge in [0.1, 0.15) is 0 Å². The summed E-state index contributed by atoms with van der Waals surface area (Å²) in [4.78, 5) is 4.88. The molecule has 3 N–H and O–H groups in total. The Morgan fingerprint density at radius 2 is 1.96 bits per heavy atom. The van der Waals surface area contributed by atoms with Crippen molar-refractivity contribution in [2.45, 2.75) is 57.0 Å². The molecule has 5 nitrogen and oxygen atoms in total. The van der Waals surface area contributed by atoms with E-state index in [0.29, 0.717) is 13.2 Å². The first kappa shape index (κ1) is 20.2. The number of aliphatic hydroxyl groups is 1. The van der Waals surface area contributed by atoms with Crippen molar-refractivity contribution in [3.05, 3.63) is 35.9 Å². The molecule has 0 heterocycles. The van der Waals surface area contributed by atoms with Crippen LogP contribution in [-0.4, -0.2) is 50.0 Å². The minimum atomic E-state index is -0.512. The molecule has 0 aromatic heterocycles. The third-order valence-corrected chi connectivity index (χ3v) is 5.70. The van der Waals surface area contributed by atoms with Crippen LogP contribution in [0.3, 0.4) is 0 Å². The maximum Gasteiger partial charge on any atom is 0.191 e. The summed E-state index contributed by atoms with van der Waals surface area (Å²) in [5.74, 6) is 1.51. The van der Waals surface area contributed by atoms with Crippen molar-refractivity contribution < 1.29 is 9.84 Å². The van der Waals surface area contributed by atoms with Gasteiger partial charge in [-0.05, 0) is 44.1 Å². The Labute approximate surface area is 163 Å². The minimum Gasteiger partial charge on any atom is -0.389 e. The molecule has 0 amide bonds. The molecule has 2 aliphatic carbocycles. The van der Waals surface area contributed by atoms with E-state index in [1.165, 1.54) is 44.1 Å². The number of nitrogens with zero attached hydrogens (tertiary/aromatic N) is 1. The van der Waals surface area contributed by atoms with Crippen LogP contribution in [0, 0.1) is 5.92 Å². The van der Waals surface area contributed by atoms with Crippen molar-refractivity contribution in [1.82, 2.24) is 10.6 Å². The Bertz CT molecular complexity index is 580. The number of benzene rings is 1. The molecule has 0 spiro atoms. The van der Waals surface area contributed by atoms with Gasteiger partial charge in [-0.2, -0.15) is 0 Å². The van der Waals surface area contributed by atoms with Crippen LogP contribution in [0.25, 0.3) is 0 Å². The molecular weight excluding hydrogens is 338 g/mol. The summed E-state index contributed by atoms with van der Waals surface area (Å²) in [7, 11) is 0. The van der Waals surface area contributed by atoms with Crippen molar-refractivity contribution in [2.24, 2.45) is 10.9 Å². The lowest BCUT2D eigenvalue weighted by Crippen LogP contribution is -2.43. The Hall–Kier alpha value is -1.59. The van der Waals surface area contributed by atoms with Gasteiger partial charge in [0.25, 0.3) is 0 Å². The maximum atomic E-state index is 10.1. The Morgan fingerprint density at radius 1 is 1.22 bits per heavy atom. The SMILES string of the molecule is CCNC(=NCC1(c2ccccc2)CCCC1)NCC(O)COCC1CC1. The molecular formula is C22H35N3O2. The molecule has 2 saturated carbocycles. The fraction of sp³-hybridized carbons (Fsp3) is 0.682. The van der Waals surface area contributed by atoms with E-state index in [9.17, 15) is 5.11 Å². The summed E-state index contributed by atoms with van der Waals surface area (Å²) in [6.45, 7) is 5.27. The number of hydrogen-bond donors (Lipinski definition) is 3. The number of aliphatic hydroxyl groups excluding tert-OH is 1. The average Bonchev–Trinajstić information content (AvgIpc) is 3.39. The van der Waals surface area contributed by atoms with Crippen molar-refractivity contribution in [1.29, 1.82) is 0 Å². The molecule has 1 aromatic rings. The number of guanidine groups is 1. The fourth-order valence-corrected chi connectivity index (χ4v) is 3.88. The summed E-state index contributed by atoms with van der Waals surface area (Å²) in [5.41, 5.74) is 1.55. The van der Waals surface area contributed by atoms with Gasteiger partial charge in [0.05, 0.1) is 19.3 Å². The van der Waals surface area contributed by atoms with Gasteiger partial charge in [-0.1, -0.05) is 43.2 Å². The van der Waals surface area contributed by atoms with Gasteiger partial charge >= 0.3 is 0 Å². The lowest BCUT2D eigenvalue weighted by atomic mass is 9.79. The molecule has 0 radical (unpaired) electrons. The standard InChI is InChI=1S/C22H35N3O2/c1-2-23-21(24-14-20(26)16-27-15-18-10-11-18)25-17-22(12-6-7-13-22)19-8-4-3-5-9-19/h3-5,8-9,18,20,26H,2,6-7,10-17H2,1H3,(H2,23,24,25). The van der Waals surface area contributed by atoms with Gasteiger partial charge in [0, 0.05) is 25.1 Å². The first-order valence-corrected chi connectivity index (χ1v) is 10.6. The van der Waals surface area contributed by atoms with Crippen molar-refractivity contribution in [2.75, 3.05) is 32.8 Å². The molecule has 3 rings (SSSR count). The zero-order chi connectivity index (χ0) is 19.0. The number of nitrogens with one attached hydrogen (secondary N) is 2. The fourth-order valence-electron chi connectivity index (χ4n) is 3.88. The van der Waals surface area contributed by atoms with E-state index in [0.717, 1.165) is 31.6 Å². The van der Waals surface area contributed by atoms with Crippen LogP contribution in [0.2, 0.25) is 0 Å². The van der Waals surface area contributed by atoms with Crippen LogP contribution < -0.4 is 10.6 Å². The smallest absolute Gasteiger partial charge is 0.191 e. The summed E-state index contributed by atoms with van der Waals surface area (Å²) in [6.07, 6.45) is 6.96. The van der Waals surface area contributed by atoms with Crippen LogP contribution in [0.5, 0.6) is 0 Å². The molecule has 150 valence electrons. The van der Waals surface area contributed by atoms with Gasteiger partial charge in [-0.3, -0.25) is 4.99 Å². The normalized spacial score (nSPS) is 20.4. The largest absolute Gasteiger partial charge is 0.389 e. The highest BCUT2D eigenvalue weighted by molar-refractivity contribution is 5.79. The zero-order valence-electron chi connectivity index (χ0n) is 16.6. The third kappa shape index (κ3) is 6.22. The monoisotopic (exact) mass is 373 g/mol. The summed E-state index contributed by atoms with van der Waals surface area (Å²) in [6, 6.07) is 10.8. The molecule has 0 bridgehead atoms. The molecule has 27 heavy (non-hydrogen) atoms. The van der Waals surface area contributed by atoms with Crippen LogP contribution in [0.4, 0.5) is 0 Å². The van der Waals surface area contributed by atoms with E-state index < -0.39 is 6.10 Å². The van der Waals surface area contributed by atoms with Crippen molar-refractivity contribution in [3.63, 3.8) is 0 Å². The Balaban J connectivity index is 1.53. The quantitative estimate of drug-likeness (QED) is 0.436. The van der Waals surface area contributed by atoms with Crippen LogP contribution >= 0.6 is 0 Å². The number of ether oxygens (including phenoxy) is 1. The predicted molar refractivity (Wildman–Crippen MR) is 110 cm³/mol. The molecule has 0 saturated heterocycles. The first-order valence-electron chi connectivity index (χ1n) is 10.6. The highest BCUT2D eigenvalue weighted by Gasteiger charge is 2.35. The minimum absolute atomic E-state index is 0.148. The lowest BCUT2D eigenvalue weighted by molar-refractivity contribution is 0.0345. The number of aliphatic imine (C=N–C) groups is 1. The van der Waals surface area contributed by atoms with Gasteiger partial charge in [-0.15, -0.1) is 0 Å². The average molecular weight is 374 g/mol. The molecule has 2 aliphatic rings. The zero-order valence-corrected chi connectivity index (χ0v) is 16.6. The van der Waals surface area contributed by atoms with E-state index in [-0.39, 0.29) is 5.41 Å². The van der Waals surface area contributed by atoms with E-state index in [1.54, 1.807) is 0 Å². The molecule has 2 fully saturated rings. The van der Waals surface area contributed by atoms with Crippen molar-refractivity contribution >= 4 is 5.96 Å². The van der Waals surface area contributed by atoms with E-state index in [2.05, 4.69) is 47.9 Å². The highest BCUT2D eigenvalue weighted by atomic mass is 16.5. The van der Waals surface area contributed by atoms with E-state index >= 15 is 0 Å². The van der Waals surface area contributed by atoms with Gasteiger partial charge < -0.3 is 20.5 Å². The van der Waals surface area contributed by atoms with Crippen LogP contribution in [0.1, 0.15) is 51.0 Å². The highest BCUT2D eigenvalue weighted by Crippen LogP contribution is 2.41. The van der Waals surface area contributed by atoms with Gasteiger partial charge in [0.15, 0.2) is 5.96 Å². The van der Waals surface area contributed by atoms with Gasteiger partial charge in [-0.25, -0.2) is 0 Å². The van der Waals surface area contributed by atoms with E-state index in [4.69, 9.17) is 9.73 Å². The first-order chi connectivity index (χ1) is 13.2. The Morgan fingerprint density at radius 3 is 2.63 bits per heavy atom. The van der Waals surface area contributed by atoms with Crippen LogP contribution in [-0.2, 0) is 10.2 Å². The summed E-state index contributed by atoms with van der Waals surface area (Å²) in [5, 5.41) is 16.7. The second-order valence-corrected chi connectivity index (χ2v) is 8.06. The predicted octanol–water partition coefficient (Wildman–Crippen LogP) is 2.84. The second kappa shape index (κ2) is 10.1. The maximum absolute atomic E-state index is 10.1.